The highest BCUT2D eigenvalue weighted by molar-refractivity contribution is 7.18. The van der Waals surface area contributed by atoms with Gasteiger partial charge in [0.25, 0.3) is 0 Å². The number of amides is 1. The molecule has 1 aliphatic heterocycles. The van der Waals surface area contributed by atoms with Crippen molar-refractivity contribution in [2.75, 3.05) is 13.2 Å². The van der Waals surface area contributed by atoms with Crippen LogP contribution in [0, 0.1) is 0 Å². The van der Waals surface area contributed by atoms with Gasteiger partial charge in [0.2, 0.25) is 5.91 Å². The summed E-state index contributed by atoms with van der Waals surface area (Å²) in [6, 6.07) is 7.21. The Morgan fingerprint density at radius 2 is 2.19 bits per heavy atom. The van der Waals surface area contributed by atoms with Crippen LogP contribution >= 0.6 is 22.9 Å². The molecule has 2 aromatic rings. The molecule has 0 aromatic carbocycles. The fourth-order valence-corrected chi connectivity index (χ4v) is 3.98. The molecule has 0 aliphatic carbocycles. The topological polar surface area (TPSA) is 59.5 Å². The molecule has 1 amide bonds. The first kappa shape index (κ1) is 19.0. The first-order valence-electron chi connectivity index (χ1n) is 8.68. The summed E-state index contributed by atoms with van der Waals surface area (Å²) in [6.45, 7) is 1.77. The van der Waals surface area contributed by atoms with E-state index in [1.165, 1.54) is 11.3 Å². The molecule has 5 nitrogen and oxygen atoms in total. The lowest BCUT2D eigenvalue weighted by Crippen LogP contribution is -2.37. The van der Waals surface area contributed by atoms with Gasteiger partial charge in [-0.3, -0.25) is 14.6 Å². The first-order chi connectivity index (χ1) is 12.6. The van der Waals surface area contributed by atoms with E-state index in [4.69, 9.17) is 16.3 Å². The number of carbonyl (C=O) groups is 2. The number of ether oxygens (including phenoxy) is 1. The number of Topliss-reactive ketones (excluding diaryl/α,β-unsaturated/α-hetero) is 1. The average Bonchev–Trinajstić information content (AvgIpc) is 3.31. The number of carbonyl (C=O) groups excluding carboxylic acids is 2. The van der Waals surface area contributed by atoms with Gasteiger partial charge in [-0.1, -0.05) is 17.7 Å². The second-order valence-electron chi connectivity index (χ2n) is 6.30. The molecule has 26 heavy (non-hydrogen) atoms. The Bertz CT molecular complexity index is 744. The van der Waals surface area contributed by atoms with Crippen LogP contribution < -0.4 is 0 Å². The van der Waals surface area contributed by atoms with Crippen LogP contribution in [0.15, 0.2) is 36.7 Å². The number of nitrogens with zero attached hydrogens (tertiary/aromatic N) is 2. The van der Waals surface area contributed by atoms with Crippen molar-refractivity contribution in [1.29, 1.82) is 0 Å². The van der Waals surface area contributed by atoms with Crippen LogP contribution in [0.1, 0.15) is 40.9 Å². The number of thiophene rings is 1. The molecule has 1 atom stereocenters. The Morgan fingerprint density at radius 3 is 2.85 bits per heavy atom. The SMILES string of the molecule is O=C(CCC(=O)N(Cc1cccnc1)CC1CCCO1)c1ccc(Cl)s1. The van der Waals surface area contributed by atoms with Crippen LogP contribution in [0.25, 0.3) is 0 Å². The maximum absolute atomic E-state index is 12.8. The lowest BCUT2D eigenvalue weighted by Gasteiger charge is -2.25. The zero-order valence-electron chi connectivity index (χ0n) is 14.4. The van der Waals surface area contributed by atoms with Crippen molar-refractivity contribution in [3.8, 4) is 0 Å². The molecule has 2 aromatic heterocycles. The number of hydrogen-bond acceptors (Lipinski definition) is 5. The van der Waals surface area contributed by atoms with Crippen LogP contribution in [-0.4, -0.2) is 40.8 Å². The Kier molecular flexibility index (Phi) is 6.77. The summed E-state index contributed by atoms with van der Waals surface area (Å²) >= 11 is 7.12. The van der Waals surface area contributed by atoms with E-state index in [1.54, 1.807) is 29.4 Å². The molecular weight excluding hydrogens is 372 g/mol. The molecule has 0 bridgehead atoms. The Morgan fingerprint density at radius 1 is 1.31 bits per heavy atom. The van der Waals surface area contributed by atoms with Crippen LogP contribution in [-0.2, 0) is 16.1 Å². The lowest BCUT2D eigenvalue weighted by atomic mass is 10.1. The van der Waals surface area contributed by atoms with Crippen molar-refractivity contribution < 1.29 is 14.3 Å². The highest BCUT2D eigenvalue weighted by Gasteiger charge is 2.23. The zero-order valence-corrected chi connectivity index (χ0v) is 16.0. The Hall–Kier alpha value is -1.76. The van der Waals surface area contributed by atoms with E-state index < -0.39 is 0 Å². The molecule has 3 heterocycles. The van der Waals surface area contributed by atoms with Gasteiger partial charge >= 0.3 is 0 Å². The van der Waals surface area contributed by atoms with E-state index in [9.17, 15) is 9.59 Å². The standard InChI is InChI=1S/C19H21ClN2O3S/c20-18-7-6-17(26-18)16(23)5-8-19(24)22(13-15-4-2-10-25-15)12-14-3-1-9-21-11-14/h1,3,6-7,9,11,15H,2,4-5,8,10,12-13H2. The molecule has 138 valence electrons. The van der Waals surface area contributed by atoms with Gasteiger partial charge in [0.05, 0.1) is 15.3 Å². The van der Waals surface area contributed by atoms with E-state index in [1.807, 2.05) is 12.1 Å². The summed E-state index contributed by atoms with van der Waals surface area (Å²) in [5.41, 5.74) is 0.968. The Balaban J connectivity index is 1.60. The molecule has 1 unspecified atom stereocenters. The van der Waals surface area contributed by atoms with Crippen LogP contribution in [0.5, 0.6) is 0 Å². The molecular formula is C19H21ClN2O3S. The maximum Gasteiger partial charge on any atom is 0.223 e. The lowest BCUT2D eigenvalue weighted by molar-refractivity contribution is -0.133. The van der Waals surface area contributed by atoms with Crippen molar-refractivity contribution in [1.82, 2.24) is 9.88 Å². The largest absolute Gasteiger partial charge is 0.376 e. The minimum atomic E-state index is -0.0475. The smallest absolute Gasteiger partial charge is 0.223 e. The first-order valence-corrected chi connectivity index (χ1v) is 9.88. The van der Waals surface area contributed by atoms with E-state index >= 15 is 0 Å². The fourth-order valence-electron chi connectivity index (χ4n) is 2.97. The highest BCUT2D eigenvalue weighted by Crippen LogP contribution is 2.23. The number of ketones is 1. The summed E-state index contributed by atoms with van der Waals surface area (Å²) in [7, 11) is 0. The van der Waals surface area contributed by atoms with E-state index in [-0.39, 0.29) is 30.6 Å². The third kappa shape index (κ3) is 5.37. The average molecular weight is 393 g/mol. The van der Waals surface area contributed by atoms with Gasteiger partial charge < -0.3 is 9.64 Å². The minimum Gasteiger partial charge on any atom is -0.376 e. The summed E-state index contributed by atoms with van der Waals surface area (Å²) < 4.78 is 6.26. The van der Waals surface area contributed by atoms with Crippen molar-refractivity contribution in [2.24, 2.45) is 0 Å². The third-order valence-corrected chi connectivity index (χ3v) is 5.58. The monoisotopic (exact) mass is 392 g/mol. The molecule has 1 saturated heterocycles. The summed E-state index contributed by atoms with van der Waals surface area (Å²) in [5.74, 6) is -0.0888. The summed E-state index contributed by atoms with van der Waals surface area (Å²) in [6.07, 6.45) is 5.89. The van der Waals surface area contributed by atoms with Gasteiger partial charge in [0.15, 0.2) is 5.78 Å². The molecule has 1 fully saturated rings. The van der Waals surface area contributed by atoms with Gasteiger partial charge in [-0.05, 0) is 36.6 Å². The number of aromatic nitrogens is 1. The fraction of sp³-hybridized carbons (Fsp3) is 0.421. The quantitative estimate of drug-likeness (QED) is 0.638. The minimum absolute atomic E-state index is 0.0413. The predicted octanol–water partition coefficient (Wildman–Crippen LogP) is 3.97. The number of hydrogen-bond donors (Lipinski definition) is 0. The van der Waals surface area contributed by atoms with Crippen LogP contribution in [0.4, 0.5) is 0 Å². The normalized spacial score (nSPS) is 16.6. The second-order valence-corrected chi connectivity index (χ2v) is 8.01. The van der Waals surface area contributed by atoms with Crippen molar-refractivity contribution >= 4 is 34.6 Å². The van der Waals surface area contributed by atoms with Crippen LogP contribution in [0.3, 0.4) is 0 Å². The number of rotatable bonds is 8. The Labute approximate surface area is 161 Å². The number of halogens is 1. The molecule has 7 heteroatoms. The number of pyridine rings is 1. The van der Waals surface area contributed by atoms with E-state index in [0.29, 0.717) is 22.3 Å². The maximum atomic E-state index is 12.8. The molecule has 3 rings (SSSR count). The van der Waals surface area contributed by atoms with Crippen molar-refractivity contribution in [2.45, 2.75) is 38.3 Å². The summed E-state index contributed by atoms with van der Waals surface area (Å²) in [4.78, 5) is 31.5. The van der Waals surface area contributed by atoms with Gasteiger partial charge in [-0.2, -0.15) is 0 Å². The van der Waals surface area contributed by atoms with Crippen molar-refractivity contribution in [3.63, 3.8) is 0 Å². The van der Waals surface area contributed by atoms with Crippen molar-refractivity contribution in [3.05, 3.63) is 51.4 Å². The van der Waals surface area contributed by atoms with Gasteiger partial charge in [0.1, 0.15) is 0 Å². The zero-order chi connectivity index (χ0) is 18.4. The molecule has 0 saturated carbocycles. The van der Waals surface area contributed by atoms with Gasteiger partial charge in [-0.15, -0.1) is 11.3 Å². The molecule has 0 N–H and O–H groups in total. The van der Waals surface area contributed by atoms with E-state index in [0.717, 1.165) is 25.0 Å². The molecule has 1 aliphatic rings. The second kappa shape index (κ2) is 9.26. The van der Waals surface area contributed by atoms with Gasteiger partial charge in [-0.25, -0.2) is 0 Å². The van der Waals surface area contributed by atoms with Crippen LogP contribution in [0.2, 0.25) is 4.34 Å². The third-order valence-electron chi connectivity index (χ3n) is 4.31. The van der Waals surface area contributed by atoms with Gasteiger partial charge in [0, 0.05) is 44.9 Å². The van der Waals surface area contributed by atoms with E-state index in [2.05, 4.69) is 4.98 Å². The molecule has 0 spiro atoms. The molecule has 0 radical (unpaired) electrons. The predicted molar refractivity (Wildman–Crippen MR) is 102 cm³/mol. The summed E-state index contributed by atoms with van der Waals surface area (Å²) in [5, 5.41) is 0. The highest BCUT2D eigenvalue weighted by atomic mass is 35.5.